The minimum atomic E-state index is -3.66. The number of carbonyl (C=O) groups excluding carboxylic acids is 1. The molecule has 1 atom stereocenters. The highest BCUT2D eigenvalue weighted by Gasteiger charge is 2.26. The third-order valence-electron chi connectivity index (χ3n) is 5.12. The van der Waals surface area contributed by atoms with E-state index in [1.165, 1.54) is 17.8 Å². The van der Waals surface area contributed by atoms with E-state index in [1.54, 1.807) is 12.1 Å². The summed E-state index contributed by atoms with van der Waals surface area (Å²) in [6, 6.07) is 4.67. The Kier molecular flexibility index (Phi) is 7.16. The molecule has 1 amide bonds. The Bertz CT molecular complexity index is 739. The number of amides is 1. The van der Waals surface area contributed by atoms with Crippen molar-refractivity contribution in [3.05, 3.63) is 23.8 Å². The third-order valence-corrected chi connectivity index (χ3v) is 7.48. The summed E-state index contributed by atoms with van der Waals surface area (Å²) >= 11 is 1.46. The first-order valence-corrected chi connectivity index (χ1v) is 11.9. The number of piperidine rings is 1. The summed E-state index contributed by atoms with van der Waals surface area (Å²) in [6.45, 7) is 9.44. The largest absolute Gasteiger partial charge is 0.339 e. The van der Waals surface area contributed by atoms with E-state index in [9.17, 15) is 13.2 Å². The summed E-state index contributed by atoms with van der Waals surface area (Å²) in [6.07, 6.45) is 3.88. The second kappa shape index (κ2) is 8.76. The number of thioether (sulfide) groups is 1. The lowest BCUT2D eigenvalue weighted by molar-refractivity contribution is 0.0693. The number of rotatable bonds is 6. The first kappa shape index (κ1) is 21.3. The Morgan fingerprint density at radius 3 is 2.38 bits per heavy atom. The van der Waals surface area contributed by atoms with Gasteiger partial charge in [0.25, 0.3) is 5.91 Å². The van der Waals surface area contributed by atoms with Crippen molar-refractivity contribution in [3.63, 3.8) is 0 Å². The van der Waals surface area contributed by atoms with Crippen LogP contribution in [0, 0.1) is 11.8 Å². The monoisotopic (exact) mass is 398 g/mol. The molecule has 0 aromatic heterocycles. The van der Waals surface area contributed by atoms with E-state index in [1.807, 2.05) is 31.9 Å². The number of carbonyl (C=O) groups is 1. The van der Waals surface area contributed by atoms with Crippen LogP contribution in [0.5, 0.6) is 0 Å². The minimum Gasteiger partial charge on any atom is -0.339 e. The van der Waals surface area contributed by atoms with Gasteiger partial charge in [-0.05, 0) is 56.1 Å². The molecule has 1 N–H and O–H groups in total. The van der Waals surface area contributed by atoms with Crippen molar-refractivity contribution >= 4 is 27.7 Å². The molecule has 26 heavy (non-hydrogen) atoms. The van der Waals surface area contributed by atoms with Crippen molar-refractivity contribution in [3.8, 4) is 0 Å². The number of benzene rings is 1. The molecule has 0 spiro atoms. The molecule has 5 nitrogen and oxygen atoms in total. The molecule has 0 saturated carbocycles. The molecule has 0 aliphatic carbocycles. The van der Waals surface area contributed by atoms with Gasteiger partial charge in [0.2, 0.25) is 10.0 Å². The van der Waals surface area contributed by atoms with E-state index in [4.69, 9.17) is 0 Å². The molecule has 0 unspecified atom stereocenters. The van der Waals surface area contributed by atoms with Crippen molar-refractivity contribution in [1.82, 2.24) is 9.62 Å². The quantitative estimate of drug-likeness (QED) is 0.744. The van der Waals surface area contributed by atoms with Crippen molar-refractivity contribution in [2.45, 2.75) is 56.4 Å². The Morgan fingerprint density at radius 1 is 1.23 bits per heavy atom. The lowest BCUT2D eigenvalue weighted by atomic mass is 9.98. The van der Waals surface area contributed by atoms with Gasteiger partial charge in [-0.3, -0.25) is 4.79 Å². The van der Waals surface area contributed by atoms with Crippen molar-refractivity contribution in [1.29, 1.82) is 0 Å². The van der Waals surface area contributed by atoms with Gasteiger partial charge in [-0.25, -0.2) is 13.1 Å². The molecule has 1 aromatic rings. The predicted octanol–water partition coefficient (Wildman–Crippen LogP) is 3.60. The van der Waals surface area contributed by atoms with Gasteiger partial charge in [0, 0.05) is 24.0 Å². The Hall–Kier alpha value is -1.05. The molecule has 2 rings (SSSR count). The molecule has 1 fully saturated rings. The number of nitrogens with one attached hydrogen (secondary N) is 1. The van der Waals surface area contributed by atoms with Gasteiger partial charge in [0.05, 0.1) is 10.5 Å². The number of sulfonamides is 1. The van der Waals surface area contributed by atoms with Gasteiger partial charge in [-0.15, -0.1) is 11.8 Å². The maximum atomic E-state index is 13.0. The molecule has 7 heteroatoms. The van der Waals surface area contributed by atoms with Crippen molar-refractivity contribution in [2.75, 3.05) is 19.3 Å². The van der Waals surface area contributed by atoms with Crippen LogP contribution in [0.1, 0.15) is 50.9 Å². The third kappa shape index (κ3) is 5.02. The van der Waals surface area contributed by atoms with Crippen LogP contribution in [0.15, 0.2) is 28.0 Å². The van der Waals surface area contributed by atoms with E-state index >= 15 is 0 Å². The normalized spacial score (nSPS) is 17.5. The van der Waals surface area contributed by atoms with Gasteiger partial charge in [0.1, 0.15) is 0 Å². The van der Waals surface area contributed by atoms with Crippen LogP contribution in [-0.2, 0) is 10.0 Å². The second-order valence-electron chi connectivity index (χ2n) is 7.49. The van der Waals surface area contributed by atoms with Gasteiger partial charge >= 0.3 is 0 Å². The smallest absolute Gasteiger partial charge is 0.255 e. The van der Waals surface area contributed by atoms with Crippen LogP contribution in [0.2, 0.25) is 0 Å². The summed E-state index contributed by atoms with van der Waals surface area (Å²) in [5, 5.41) is 0. The van der Waals surface area contributed by atoms with E-state index in [0.717, 1.165) is 30.8 Å². The lowest BCUT2D eigenvalue weighted by Gasteiger charge is -2.31. The Labute approximate surface area is 162 Å². The molecule has 0 bridgehead atoms. The summed E-state index contributed by atoms with van der Waals surface area (Å²) < 4.78 is 28.1. The number of hydrogen-bond donors (Lipinski definition) is 1. The zero-order valence-electron chi connectivity index (χ0n) is 16.3. The van der Waals surface area contributed by atoms with Crippen LogP contribution in [0.4, 0.5) is 0 Å². The van der Waals surface area contributed by atoms with Crippen LogP contribution in [-0.4, -0.2) is 44.6 Å². The fourth-order valence-corrected chi connectivity index (χ4v) is 4.84. The van der Waals surface area contributed by atoms with Gasteiger partial charge in [-0.2, -0.15) is 0 Å². The second-order valence-corrected chi connectivity index (χ2v) is 10.1. The fraction of sp³-hybridized carbons (Fsp3) is 0.632. The van der Waals surface area contributed by atoms with E-state index < -0.39 is 10.0 Å². The molecule has 1 heterocycles. The SMILES string of the molecule is CSc1ccc(S(=O)(=O)N[C@@H](C)C(C)C)cc1C(=O)N1CCC(C)CC1. The maximum Gasteiger partial charge on any atom is 0.255 e. The maximum absolute atomic E-state index is 13.0. The summed E-state index contributed by atoms with van der Waals surface area (Å²) in [5.74, 6) is 0.745. The summed E-state index contributed by atoms with van der Waals surface area (Å²) in [7, 11) is -3.66. The van der Waals surface area contributed by atoms with Gasteiger partial charge in [-0.1, -0.05) is 20.8 Å². The molecular weight excluding hydrogens is 368 g/mol. The standard InChI is InChI=1S/C19H30N2O3S2/c1-13(2)15(4)20-26(23,24)16-6-7-18(25-5)17(12-16)19(22)21-10-8-14(3)9-11-21/h6-7,12-15,20H,8-11H2,1-5H3/t15-/m0/s1. The zero-order chi connectivity index (χ0) is 19.5. The fourth-order valence-electron chi connectivity index (χ4n) is 2.85. The first-order valence-electron chi connectivity index (χ1n) is 9.15. The molecule has 1 aromatic carbocycles. The first-order chi connectivity index (χ1) is 12.2. The van der Waals surface area contributed by atoms with Crippen molar-refractivity contribution in [2.24, 2.45) is 11.8 Å². The average Bonchev–Trinajstić information content (AvgIpc) is 2.60. The predicted molar refractivity (Wildman–Crippen MR) is 107 cm³/mol. The van der Waals surface area contributed by atoms with Crippen LogP contribution in [0.25, 0.3) is 0 Å². The van der Waals surface area contributed by atoms with Crippen LogP contribution in [0.3, 0.4) is 0 Å². The topological polar surface area (TPSA) is 66.5 Å². The summed E-state index contributed by atoms with van der Waals surface area (Å²) in [5.41, 5.74) is 0.479. The molecule has 0 radical (unpaired) electrons. The van der Waals surface area contributed by atoms with Crippen molar-refractivity contribution < 1.29 is 13.2 Å². The number of hydrogen-bond acceptors (Lipinski definition) is 4. The van der Waals surface area contributed by atoms with Gasteiger partial charge < -0.3 is 4.90 Å². The highest BCUT2D eigenvalue weighted by molar-refractivity contribution is 7.98. The van der Waals surface area contributed by atoms with E-state index in [-0.39, 0.29) is 22.8 Å². The molecule has 146 valence electrons. The van der Waals surface area contributed by atoms with Crippen LogP contribution < -0.4 is 4.72 Å². The lowest BCUT2D eigenvalue weighted by Crippen LogP contribution is -2.38. The highest BCUT2D eigenvalue weighted by atomic mass is 32.2. The number of nitrogens with zero attached hydrogens (tertiary/aromatic N) is 1. The summed E-state index contributed by atoms with van der Waals surface area (Å²) in [4.78, 5) is 15.8. The highest BCUT2D eigenvalue weighted by Crippen LogP contribution is 2.27. The van der Waals surface area contributed by atoms with Crippen LogP contribution >= 0.6 is 11.8 Å². The minimum absolute atomic E-state index is 0.0739. The van der Waals surface area contributed by atoms with Gasteiger partial charge in [0.15, 0.2) is 0 Å². The average molecular weight is 399 g/mol. The number of likely N-dealkylation sites (tertiary alicyclic amines) is 1. The molecule has 1 saturated heterocycles. The van der Waals surface area contributed by atoms with E-state index in [2.05, 4.69) is 11.6 Å². The molecule has 1 aliphatic heterocycles. The van der Waals surface area contributed by atoms with E-state index in [0.29, 0.717) is 11.5 Å². The molecular formula is C19H30N2O3S2. The Balaban J connectivity index is 2.32. The zero-order valence-corrected chi connectivity index (χ0v) is 17.9. The molecule has 1 aliphatic rings. The Morgan fingerprint density at radius 2 is 1.85 bits per heavy atom.